The number of aromatic nitrogens is 2. The molecule has 0 bridgehead atoms. The van der Waals surface area contributed by atoms with E-state index in [9.17, 15) is 9.59 Å². The molecule has 2 amide bonds. The molecular formula is C23H23N5O3S. The summed E-state index contributed by atoms with van der Waals surface area (Å²) in [5.41, 5.74) is 4.54. The van der Waals surface area contributed by atoms with Gasteiger partial charge in [-0.15, -0.1) is 11.3 Å². The van der Waals surface area contributed by atoms with Gasteiger partial charge in [0.05, 0.1) is 5.69 Å². The summed E-state index contributed by atoms with van der Waals surface area (Å²) in [6.45, 7) is 3.59. The standard InChI is InChI=1S/C23H23N5O3S/c1-15(28-12-11-18-19(14-28)32-23(25-18)22(30)27-31)17-8-9-20(24-13-17)26-21(29)10-7-16-5-3-2-4-6-16/h2-10,13,15,31H,11-12,14H2,1H3,(H,27,30)(H,24,26,29)/b10-7+. The van der Waals surface area contributed by atoms with Crippen LogP contribution in [0.2, 0.25) is 0 Å². The number of thiazole rings is 1. The van der Waals surface area contributed by atoms with Gasteiger partial charge in [-0.3, -0.25) is 19.7 Å². The molecule has 1 aliphatic rings. The van der Waals surface area contributed by atoms with Crippen molar-refractivity contribution in [1.29, 1.82) is 0 Å². The summed E-state index contributed by atoms with van der Waals surface area (Å²) in [5, 5.41) is 11.9. The predicted molar refractivity (Wildman–Crippen MR) is 122 cm³/mol. The number of amides is 2. The number of carbonyl (C=O) groups is 2. The van der Waals surface area contributed by atoms with Gasteiger partial charge < -0.3 is 5.32 Å². The summed E-state index contributed by atoms with van der Waals surface area (Å²) in [6, 6.07) is 13.5. The fourth-order valence-electron chi connectivity index (χ4n) is 3.53. The molecule has 9 heteroatoms. The molecule has 4 rings (SSSR count). The Morgan fingerprint density at radius 3 is 2.75 bits per heavy atom. The van der Waals surface area contributed by atoms with E-state index < -0.39 is 5.91 Å². The van der Waals surface area contributed by atoms with Crippen LogP contribution in [0.5, 0.6) is 0 Å². The number of hydrogen-bond acceptors (Lipinski definition) is 7. The van der Waals surface area contributed by atoms with E-state index in [1.165, 1.54) is 17.4 Å². The fourth-order valence-corrected chi connectivity index (χ4v) is 4.56. The van der Waals surface area contributed by atoms with Crippen LogP contribution < -0.4 is 10.8 Å². The highest BCUT2D eigenvalue weighted by atomic mass is 32.1. The molecule has 1 aliphatic heterocycles. The van der Waals surface area contributed by atoms with E-state index in [2.05, 4.69) is 27.1 Å². The molecule has 1 unspecified atom stereocenters. The van der Waals surface area contributed by atoms with Crippen molar-refractivity contribution in [2.24, 2.45) is 0 Å². The molecule has 3 aromatic rings. The van der Waals surface area contributed by atoms with Gasteiger partial charge in [0, 0.05) is 42.7 Å². The number of rotatable bonds is 6. The predicted octanol–water partition coefficient (Wildman–Crippen LogP) is 3.43. The van der Waals surface area contributed by atoms with Gasteiger partial charge in [-0.2, -0.15) is 0 Å². The second kappa shape index (κ2) is 9.82. The number of nitrogens with zero attached hydrogens (tertiary/aromatic N) is 3. The molecule has 1 aromatic carbocycles. The molecule has 0 spiro atoms. The smallest absolute Gasteiger partial charge is 0.303 e. The first-order valence-corrected chi connectivity index (χ1v) is 11.0. The minimum Gasteiger partial charge on any atom is -0.307 e. The van der Waals surface area contributed by atoms with Gasteiger partial charge >= 0.3 is 5.91 Å². The lowest BCUT2D eigenvalue weighted by atomic mass is 10.1. The van der Waals surface area contributed by atoms with Gasteiger partial charge in [0.1, 0.15) is 5.82 Å². The Kier molecular flexibility index (Phi) is 6.69. The maximum atomic E-state index is 12.1. The Labute approximate surface area is 189 Å². The lowest BCUT2D eigenvalue weighted by Gasteiger charge is -2.31. The minimum atomic E-state index is -0.579. The van der Waals surface area contributed by atoms with Crippen molar-refractivity contribution in [1.82, 2.24) is 20.3 Å². The Hall–Kier alpha value is -3.40. The van der Waals surface area contributed by atoms with Crippen molar-refractivity contribution < 1.29 is 14.8 Å². The van der Waals surface area contributed by atoms with Crippen LogP contribution in [-0.2, 0) is 17.8 Å². The molecule has 0 saturated carbocycles. The van der Waals surface area contributed by atoms with Gasteiger partial charge in [-0.05, 0) is 30.2 Å². The van der Waals surface area contributed by atoms with Crippen molar-refractivity contribution in [2.45, 2.75) is 25.9 Å². The second-order valence-electron chi connectivity index (χ2n) is 7.44. The van der Waals surface area contributed by atoms with E-state index in [0.717, 1.165) is 34.7 Å². The lowest BCUT2D eigenvalue weighted by molar-refractivity contribution is -0.111. The number of benzene rings is 1. The van der Waals surface area contributed by atoms with Gasteiger partial charge in [0.25, 0.3) is 0 Å². The number of carbonyl (C=O) groups excluding carboxylic acids is 2. The Morgan fingerprint density at radius 2 is 2.03 bits per heavy atom. The maximum absolute atomic E-state index is 12.1. The molecule has 0 fully saturated rings. The molecular weight excluding hydrogens is 426 g/mol. The molecule has 2 aromatic heterocycles. The highest BCUT2D eigenvalue weighted by molar-refractivity contribution is 7.13. The topological polar surface area (TPSA) is 107 Å². The quantitative estimate of drug-likeness (QED) is 0.302. The lowest BCUT2D eigenvalue weighted by Crippen LogP contribution is -2.32. The highest BCUT2D eigenvalue weighted by Crippen LogP contribution is 2.30. The van der Waals surface area contributed by atoms with Crippen LogP contribution in [0.1, 0.15) is 44.5 Å². The average molecular weight is 450 g/mol. The molecule has 3 heterocycles. The molecule has 8 nitrogen and oxygen atoms in total. The van der Waals surface area contributed by atoms with Gasteiger partial charge in [0.2, 0.25) is 5.91 Å². The van der Waals surface area contributed by atoms with Gasteiger partial charge in [-0.1, -0.05) is 36.4 Å². The number of hydrogen-bond donors (Lipinski definition) is 3. The third kappa shape index (κ3) is 5.08. The number of nitrogens with one attached hydrogen (secondary N) is 2. The van der Waals surface area contributed by atoms with Crippen molar-refractivity contribution in [3.05, 3.63) is 81.4 Å². The SMILES string of the molecule is CC(c1ccc(NC(=O)/C=C/c2ccccc2)nc1)N1CCc2nc(C(=O)NO)sc2C1. The summed E-state index contributed by atoms with van der Waals surface area (Å²) in [6.07, 6.45) is 5.75. The van der Waals surface area contributed by atoms with Crippen molar-refractivity contribution >= 4 is 35.0 Å². The van der Waals surface area contributed by atoms with Crippen LogP contribution in [0.25, 0.3) is 6.08 Å². The van der Waals surface area contributed by atoms with Gasteiger partial charge in [-0.25, -0.2) is 15.4 Å². The van der Waals surface area contributed by atoms with E-state index in [4.69, 9.17) is 5.21 Å². The van der Waals surface area contributed by atoms with E-state index in [1.807, 2.05) is 36.4 Å². The average Bonchev–Trinajstić information content (AvgIpc) is 3.26. The first-order chi connectivity index (χ1) is 15.5. The van der Waals surface area contributed by atoms with Gasteiger partial charge in [0.15, 0.2) is 5.01 Å². The number of hydroxylamine groups is 1. The van der Waals surface area contributed by atoms with E-state index >= 15 is 0 Å². The first-order valence-electron chi connectivity index (χ1n) is 10.2. The zero-order chi connectivity index (χ0) is 22.5. The molecule has 164 valence electrons. The minimum absolute atomic E-state index is 0.107. The van der Waals surface area contributed by atoms with Crippen LogP contribution in [0.3, 0.4) is 0 Å². The van der Waals surface area contributed by atoms with Crippen LogP contribution in [0.4, 0.5) is 5.82 Å². The zero-order valence-corrected chi connectivity index (χ0v) is 18.3. The van der Waals surface area contributed by atoms with Crippen LogP contribution in [0.15, 0.2) is 54.7 Å². The third-order valence-corrected chi connectivity index (χ3v) is 6.43. The van der Waals surface area contributed by atoms with Crippen molar-refractivity contribution in [3.8, 4) is 0 Å². The Balaban J connectivity index is 1.36. The normalized spacial score (nSPS) is 14.7. The van der Waals surface area contributed by atoms with Crippen LogP contribution in [0, 0.1) is 0 Å². The van der Waals surface area contributed by atoms with Crippen LogP contribution in [-0.4, -0.2) is 38.4 Å². The second-order valence-corrected chi connectivity index (χ2v) is 8.52. The Bertz CT molecular complexity index is 1130. The van der Waals surface area contributed by atoms with Crippen molar-refractivity contribution in [3.63, 3.8) is 0 Å². The fraction of sp³-hybridized carbons (Fsp3) is 0.217. The summed E-state index contributed by atoms with van der Waals surface area (Å²) < 4.78 is 0. The monoisotopic (exact) mass is 449 g/mol. The summed E-state index contributed by atoms with van der Waals surface area (Å²) >= 11 is 1.30. The first kappa shape index (κ1) is 21.8. The summed E-state index contributed by atoms with van der Waals surface area (Å²) in [5.74, 6) is -0.324. The summed E-state index contributed by atoms with van der Waals surface area (Å²) in [4.78, 5) is 35.8. The largest absolute Gasteiger partial charge is 0.307 e. The van der Waals surface area contributed by atoms with E-state index in [1.54, 1.807) is 23.8 Å². The number of fused-ring (bicyclic) bond motifs is 1. The van der Waals surface area contributed by atoms with Crippen LogP contribution >= 0.6 is 11.3 Å². The van der Waals surface area contributed by atoms with Crippen molar-refractivity contribution in [2.75, 3.05) is 11.9 Å². The maximum Gasteiger partial charge on any atom is 0.303 e. The third-order valence-electron chi connectivity index (χ3n) is 5.35. The molecule has 0 radical (unpaired) electrons. The van der Waals surface area contributed by atoms with E-state index in [0.29, 0.717) is 12.4 Å². The highest BCUT2D eigenvalue weighted by Gasteiger charge is 2.26. The Morgan fingerprint density at radius 1 is 1.22 bits per heavy atom. The number of anilines is 1. The molecule has 32 heavy (non-hydrogen) atoms. The molecule has 0 aliphatic carbocycles. The summed E-state index contributed by atoms with van der Waals surface area (Å²) in [7, 11) is 0. The zero-order valence-electron chi connectivity index (χ0n) is 17.5. The van der Waals surface area contributed by atoms with E-state index in [-0.39, 0.29) is 17.0 Å². The molecule has 1 atom stereocenters. The molecule has 3 N–H and O–H groups in total. The molecule has 0 saturated heterocycles. The number of pyridine rings is 1.